The van der Waals surface area contributed by atoms with Crippen molar-refractivity contribution in [2.45, 2.75) is 38.1 Å². The Kier molecular flexibility index (Phi) is 7.54. The lowest BCUT2D eigenvalue weighted by Crippen LogP contribution is -2.36. The van der Waals surface area contributed by atoms with Crippen molar-refractivity contribution < 1.29 is 14.6 Å². The van der Waals surface area contributed by atoms with Crippen molar-refractivity contribution in [2.24, 2.45) is 0 Å². The summed E-state index contributed by atoms with van der Waals surface area (Å²) in [6, 6.07) is 6.98. The van der Waals surface area contributed by atoms with Gasteiger partial charge in [0.2, 0.25) is 0 Å². The Morgan fingerprint density at radius 2 is 2.20 bits per heavy atom. The quantitative estimate of drug-likeness (QED) is 0.835. The van der Waals surface area contributed by atoms with Gasteiger partial charge < -0.3 is 14.7 Å². The lowest BCUT2D eigenvalue weighted by atomic mass is 10.1. The van der Waals surface area contributed by atoms with Crippen LogP contribution in [-0.2, 0) is 17.6 Å². The minimum Gasteiger partial charge on any atom is -0.493 e. The first kappa shape index (κ1) is 20.0. The zero-order valence-electron chi connectivity index (χ0n) is 14.9. The molecule has 5 nitrogen and oxygen atoms in total. The van der Waals surface area contributed by atoms with Gasteiger partial charge >= 0.3 is 5.97 Å². The third-order valence-electron chi connectivity index (χ3n) is 5.27. The van der Waals surface area contributed by atoms with Crippen molar-refractivity contribution in [2.75, 3.05) is 39.8 Å². The number of ether oxygens (including phenoxy) is 1. The summed E-state index contributed by atoms with van der Waals surface area (Å²) in [7, 11) is 1.93. The van der Waals surface area contributed by atoms with Crippen molar-refractivity contribution >= 4 is 18.4 Å². The summed E-state index contributed by atoms with van der Waals surface area (Å²) in [4.78, 5) is 15.4. The van der Waals surface area contributed by atoms with Gasteiger partial charge in [-0.3, -0.25) is 9.69 Å². The lowest BCUT2D eigenvalue weighted by molar-refractivity contribution is -0.138. The largest absolute Gasteiger partial charge is 0.493 e. The Bertz CT molecular complexity index is 582. The van der Waals surface area contributed by atoms with Gasteiger partial charge in [-0.2, -0.15) is 0 Å². The van der Waals surface area contributed by atoms with Gasteiger partial charge in [-0.1, -0.05) is 12.1 Å². The van der Waals surface area contributed by atoms with Crippen LogP contribution in [0.15, 0.2) is 18.2 Å². The molecule has 6 heteroatoms. The van der Waals surface area contributed by atoms with Crippen LogP contribution >= 0.6 is 12.4 Å². The number of carbonyl (C=O) groups is 1. The number of aliphatic carboxylic acids is 1. The number of rotatable bonds is 6. The van der Waals surface area contributed by atoms with Gasteiger partial charge in [0.25, 0.3) is 0 Å². The summed E-state index contributed by atoms with van der Waals surface area (Å²) in [6.45, 7) is 4.21. The second-order valence-corrected chi connectivity index (χ2v) is 7.03. The molecule has 1 N–H and O–H groups in total. The fourth-order valence-electron chi connectivity index (χ4n) is 3.83. The predicted molar refractivity (Wildman–Crippen MR) is 101 cm³/mol. The molecule has 1 fully saturated rings. The normalized spacial score (nSPS) is 20.5. The number of fused-ring (bicyclic) bond motifs is 1. The van der Waals surface area contributed by atoms with Gasteiger partial charge in [0.05, 0.1) is 13.2 Å². The van der Waals surface area contributed by atoms with Crippen LogP contribution in [0.25, 0.3) is 0 Å². The molecule has 0 aliphatic carbocycles. The Labute approximate surface area is 156 Å². The van der Waals surface area contributed by atoms with Crippen LogP contribution in [0.5, 0.6) is 5.75 Å². The van der Waals surface area contributed by atoms with Crippen molar-refractivity contribution in [3.63, 3.8) is 0 Å². The van der Waals surface area contributed by atoms with Gasteiger partial charge in [0.1, 0.15) is 5.75 Å². The van der Waals surface area contributed by atoms with Gasteiger partial charge in [-0.15, -0.1) is 12.4 Å². The van der Waals surface area contributed by atoms with Gasteiger partial charge in [0, 0.05) is 19.0 Å². The van der Waals surface area contributed by atoms with E-state index in [1.165, 1.54) is 11.1 Å². The number of likely N-dealkylation sites (N-methyl/N-ethyl adjacent to an activating group) is 1. The molecule has 2 heterocycles. The van der Waals surface area contributed by atoms with Crippen LogP contribution in [-0.4, -0.2) is 66.8 Å². The molecule has 2 aliphatic rings. The van der Waals surface area contributed by atoms with E-state index in [1.54, 1.807) is 0 Å². The smallest absolute Gasteiger partial charge is 0.317 e. The molecule has 1 saturated heterocycles. The molecule has 1 aromatic rings. The molecule has 25 heavy (non-hydrogen) atoms. The molecule has 2 aliphatic heterocycles. The highest BCUT2D eigenvalue weighted by atomic mass is 35.5. The highest BCUT2D eigenvalue weighted by Crippen LogP contribution is 2.26. The van der Waals surface area contributed by atoms with E-state index in [0.29, 0.717) is 6.04 Å². The number of hydrogen-bond donors (Lipinski definition) is 1. The fourth-order valence-corrected chi connectivity index (χ4v) is 3.83. The molecule has 3 rings (SSSR count). The van der Waals surface area contributed by atoms with Crippen LogP contribution in [0.4, 0.5) is 0 Å². The molecule has 0 saturated carbocycles. The molecule has 1 unspecified atom stereocenters. The van der Waals surface area contributed by atoms with Crippen molar-refractivity contribution in [1.82, 2.24) is 9.80 Å². The first-order valence-electron chi connectivity index (χ1n) is 9.01. The predicted octanol–water partition coefficient (Wildman–Crippen LogP) is 2.46. The number of nitrogens with zero attached hydrogens (tertiary/aromatic N) is 2. The number of carboxylic acid groups (broad SMARTS) is 1. The van der Waals surface area contributed by atoms with Gasteiger partial charge in [0.15, 0.2) is 0 Å². The number of hydrogen-bond acceptors (Lipinski definition) is 4. The van der Waals surface area contributed by atoms with Crippen LogP contribution in [0.2, 0.25) is 0 Å². The Balaban J connectivity index is 0.00000225. The Hall–Kier alpha value is -1.30. The number of carboxylic acids is 1. The number of likely N-dealkylation sites (tertiary alicyclic amines) is 1. The summed E-state index contributed by atoms with van der Waals surface area (Å²) in [5, 5.41) is 8.95. The molecule has 0 bridgehead atoms. The third kappa shape index (κ3) is 5.59. The zero-order valence-corrected chi connectivity index (χ0v) is 15.8. The lowest BCUT2D eigenvalue weighted by Gasteiger charge is -2.25. The molecule has 1 atom stereocenters. The third-order valence-corrected chi connectivity index (χ3v) is 5.27. The number of halogens is 1. The Morgan fingerprint density at radius 1 is 1.36 bits per heavy atom. The van der Waals surface area contributed by atoms with E-state index in [1.807, 2.05) is 11.9 Å². The summed E-state index contributed by atoms with van der Waals surface area (Å²) in [5.74, 6) is 0.317. The summed E-state index contributed by atoms with van der Waals surface area (Å²) >= 11 is 0. The number of benzene rings is 1. The zero-order chi connectivity index (χ0) is 16.9. The average molecular weight is 369 g/mol. The standard InChI is InChI=1S/C19H28N2O3.ClH/c1-20(14-19(22)23)17-3-2-9-21(11-7-17)10-6-15-4-5-18-16(13-15)8-12-24-18;/h4-5,13,17H,2-3,6-12,14H2,1H3,(H,22,23);1H. The minimum atomic E-state index is -0.737. The maximum Gasteiger partial charge on any atom is 0.317 e. The van der Waals surface area contributed by atoms with E-state index in [0.717, 1.165) is 64.1 Å². The molecular formula is C19H29ClN2O3. The highest BCUT2D eigenvalue weighted by Gasteiger charge is 2.21. The van der Waals surface area contributed by atoms with E-state index >= 15 is 0 Å². The molecule has 0 spiro atoms. The van der Waals surface area contributed by atoms with E-state index in [2.05, 4.69) is 23.1 Å². The molecular weight excluding hydrogens is 340 g/mol. The first-order valence-corrected chi connectivity index (χ1v) is 9.01. The maximum absolute atomic E-state index is 10.9. The molecule has 0 aromatic heterocycles. The molecule has 1 aromatic carbocycles. The topological polar surface area (TPSA) is 53.0 Å². The fraction of sp³-hybridized carbons (Fsp3) is 0.632. The van der Waals surface area contributed by atoms with E-state index in [4.69, 9.17) is 9.84 Å². The van der Waals surface area contributed by atoms with Crippen LogP contribution in [0.1, 0.15) is 30.4 Å². The second kappa shape index (κ2) is 9.41. The molecule has 140 valence electrons. The van der Waals surface area contributed by atoms with Crippen molar-refractivity contribution in [1.29, 1.82) is 0 Å². The van der Waals surface area contributed by atoms with Crippen LogP contribution in [0.3, 0.4) is 0 Å². The van der Waals surface area contributed by atoms with Crippen molar-refractivity contribution in [3.05, 3.63) is 29.3 Å². The molecule has 0 amide bonds. The summed E-state index contributed by atoms with van der Waals surface area (Å²) < 4.78 is 5.57. The monoisotopic (exact) mass is 368 g/mol. The highest BCUT2D eigenvalue weighted by molar-refractivity contribution is 5.85. The van der Waals surface area contributed by atoms with Crippen LogP contribution < -0.4 is 4.74 Å². The maximum atomic E-state index is 10.9. The van der Waals surface area contributed by atoms with Gasteiger partial charge in [-0.25, -0.2) is 0 Å². The molecule has 0 radical (unpaired) electrons. The Morgan fingerprint density at radius 3 is 3.00 bits per heavy atom. The summed E-state index contributed by atoms with van der Waals surface area (Å²) in [5.41, 5.74) is 2.74. The first-order chi connectivity index (χ1) is 11.6. The second-order valence-electron chi connectivity index (χ2n) is 7.03. The van der Waals surface area contributed by atoms with E-state index in [-0.39, 0.29) is 19.0 Å². The van der Waals surface area contributed by atoms with Gasteiger partial charge in [-0.05, 0) is 63.0 Å². The average Bonchev–Trinajstić information content (AvgIpc) is 2.88. The van der Waals surface area contributed by atoms with Crippen molar-refractivity contribution in [3.8, 4) is 5.75 Å². The minimum absolute atomic E-state index is 0. The summed E-state index contributed by atoms with van der Waals surface area (Å²) in [6.07, 6.45) is 5.40. The SMILES string of the molecule is CN(CC(=O)O)C1CCCN(CCc2ccc3c(c2)CCO3)CC1.Cl. The van der Waals surface area contributed by atoms with E-state index < -0.39 is 5.97 Å². The van der Waals surface area contributed by atoms with E-state index in [9.17, 15) is 4.79 Å². The van der Waals surface area contributed by atoms with Crippen LogP contribution in [0, 0.1) is 0 Å².